The third kappa shape index (κ3) is 3.60. The van der Waals surface area contributed by atoms with Crippen LogP contribution in [0.4, 0.5) is 14.9 Å². The van der Waals surface area contributed by atoms with Gasteiger partial charge in [0.05, 0.1) is 27.8 Å². The number of halogens is 3. The summed E-state index contributed by atoms with van der Waals surface area (Å²) in [6, 6.07) is 1.47. The number of nitrogens with zero attached hydrogens (tertiary/aromatic N) is 3. The number of aromatic nitrogens is 1. The molecule has 11 heteroatoms. The average molecular weight is 462 g/mol. The summed E-state index contributed by atoms with van der Waals surface area (Å²) in [5.41, 5.74) is 0.109. The minimum absolute atomic E-state index is 0. The van der Waals surface area contributed by atoms with Gasteiger partial charge in [-0.05, 0) is 25.3 Å². The number of hydrogen-bond acceptors (Lipinski definition) is 5. The largest absolute Gasteiger partial charge is 0.511 e. The van der Waals surface area contributed by atoms with Gasteiger partial charge in [0.2, 0.25) is 5.43 Å². The second-order valence-corrected chi connectivity index (χ2v) is 8.06. The molecule has 3 heterocycles. The van der Waals surface area contributed by atoms with Crippen molar-refractivity contribution in [3.63, 3.8) is 0 Å². The van der Waals surface area contributed by atoms with Gasteiger partial charge >= 0.3 is 6.16 Å². The van der Waals surface area contributed by atoms with Gasteiger partial charge in [-0.25, -0.2) is 9.18 Å². The number of anilines is 1. The van der Waals surface area contributed by atoms with Crippen LogP contribution in [0.15, 0.2) is 17.1 Å². The Morgan fingerprint density at radius 2 is 1.93 bits per heavy atom. The third-order valence-electron chi connectivity index (χ3n) is 5.92. The normalized spacial score (nSPS) is 22.4. The Kier molecular flexibility index (Phi) is 6.20. The third-order valence-corrected chi connectivity index (χ3v) is 6.28. The lowest BCUT2D eigenvalue weighted by Gasteiger charge is -2.37. The fourth-order valence-electron chi connectivity index (χ4n) is 4.47. The van der Waals surface area contributed by atoms with Gasteiger partial charge in [-0.1, -0.05) is 11.6 Å². The van der Waals surface area contributed by atoms with Crippen LogP contribution < -0.4 is 15.1 Å². The molecule has 3 aliphatic rings. The molecule has 3 fully saturated rings. The first kappa shape index (κ1) is 22.6. The summed E-state index contributed by atoms with van der Waals surface area (Å²) >= 11 is 6.71. The van der Waals surface area contributed by atoms with Gasteiger partial charge in [0, 0.05) is 38.3 Å². The monoisotopic (exact) mass is 461 g/mol. The standard InChI is InChI=1S/C19H19ClFN3O4.ClH.H2O/c20-15-16-12(18(25)14(28-19(26)27)9-24(16)10-1-2-10)7-13(21)17(15)23-6-5-22-4-3-11(23)8-22;;/h7,9-11H,1-6,8H2,(H,26,27);1H;1H2. The Bertz CT molecular complexity index is 1060. The van der Waals surface area contributed by atoms with E-state index in [0.717, 1.165) is 38.9 Å². The first-order valence-corrected chi connectivity index (χ1v) is 9.78. The van der Waals surface area contributed by atoms with Crippen LogP contribution in [0.1, 0.15) is 25.3 Å². The van der Waals surface area contributed by atoms with E-state index in [-0.39, 0.29) is 46.1 Å². The number of rotatable bonds is 3. The van der Waals surface area contributed by atoms with Crippen LogP contribution in [0.25, 0.3) is 10.9 Å². The van der Waals surface area contributed by atoms with Gasteiger partial charge in [0.15, 0.2) is 5.75 Å². The zero-order valence-electron chi connectivity index (χ0n) is 15.9. The van der Waals surface area contributed by atoms with Crippen LogP contribution in [-0.2, 0) is 0 Å². The summed E-state index contributed by atoms with van der Waals surface area (Å²) in [4.78, 5) is 28.0. The molecular weight excluding hydrogens is 440 g/mol. The van der Waals surface area contributed by atoms with E-state index < -0.39 is 17.4 Å². The summed E-state index contributed by atoms with van der Waals surface area (Å²) in [7, 11) is 0. The predicted molar refractivity (Wildman–Crippen MR) is 113 cm³/mol. The van der Waals surface area contributed by atoms with Crippen molar-refractivity contribution in [3.05, 3.63) is 33.3 Å². The van der Waals surface area contributed by atoms with E-state index >= 15 is 4.39 Å². The zero-order chi connectivity index (χ0) is 19.6. The Labute approximate surface area is 182 Å². The van der Waals surface area contributed by atoms with Crippen molar-refractivity contribution in [3.8, 4) is 5.75 Å². The highest BCUT2D eigenvalue weighted by atomic mass is 35.5. The number of ether oxygens (including phenoxy) is 1. The van der Waals surface area contributed by atoms with Crippen molar-refractivity contribution in [1.29, 1.82) is 0 Å². The molecular formula is C19H22Cl2FN3O5. The summed E-state index contributed by atoms with van der Waals surface area (Å²) in [6.07, 6.45) is 2.52. The van der Waals surface area contributed by atoms with Crippen molar-refractivity contribution >= 4 is 46.8 Å². The van der Waals surface area contributed by atoms with E-state index in [0.29, 0.717) is 17.7 Å². The second-order valence-electron chi connectivity index (χ2n) is 7.68. The molecule has 0 radical (unpaired) electrons. The number of piperazine rings is 1. The van der Waals surface area contributed by atoms with E-state index in [9.17, 15) is 9.59 Å². The minimum atomic E-state index is -1.58. The lowest BCUT2D eigenvalue weighted by atomic mass is 10.1. The molecule has 3 N–H and O–H groups in total. The highest BCUT2D eigenvalue weighted by Crippen LogP contribution is 2.43. The van der Waals surface area contributed by atoms with Crippen molar-refractivity contribution in [2.45, 2.75) is 31.3 Å². The molecule has 1 aromatic heterocycles. The molecule has 0 amide bonds. The number of pyridine rings is 1. The molecule has 2 aliphatic heterocycles. The quantitative estimate of drug-likeness (QED) is 0.704. The van der Waals surface area contributed by atoms with E-state index in [2.05, 4.69) is 9.64 Å². The van der Waals surface area contributed by atoms with Gasteiger partial charge in [-0.15, -0.1) is 12.4 Å². The van der Waals surface area contributed by atoms with Gasteiger partial charge < -0.3 is 24.8 Å². The van der Waals surface area contributed by atoms with Crippen molar-refractivity contribution in [2.24, 2.45) is 0 Å². The molecule has 1 saturated carbocycles. The zero-order valence-corrected chi connectivity index (χ0v) is 17.5. The maximum atomic E-state index is 15.2. The van der Waals surface area contributed by atoms with Crippen molar-refractivity contribution in [2.75, 3.05) is 31.1 Å². The van der Waals surface area contributed by atoms with Crippen LogP contribution in [-0.4, -0.2) is 58.4 Å². The van der Waals surface area contributed by atoms with Crippen LogP contribution in [0.2, 0.25) is 5.02 Å². The average Bonchev–Trinajstić information content (AvgIpc) is 3.42. The maximum absolute atomic E-state index is 15.2. The van der Waals surface area contributed by atoms with Crippen LogP contribution >= 0.6 is 24.0 Å². The van der Waals surface area contributed by atoms with E-state index in [4.69, 9.17) is 16.7 Å². The predicted octanol–water partition coefficient (Wildman–Crippen LogP) is 2.68. The maximum Gasteiger partial charge on any atom is 0.511 e. The minimum Gasteiger partial charge on any atom is -0.449 e. The summed E-state index contributed by atoms with van der Waals surface area (Å²) < 4.78 is 21.6. The fraction of sp³-hybridized carbons (Fsp3) is 0.474. The summed E-state index contributed by atoms with van der Waals surface area (Å²) in [5.74, 6) is -0.899. The van der Waals surface area contributed by atoms with Gasteiger partial charge in [0.25, 0.3) is 0 Å². The first-order chi connectivity index (χ1) is 13.4. The van der Waals surface area contributed by atoms with Gasteiger partial charge in [-0.3, -0.25) is 9.69 Å². The molecule has 30 heavy (non-hydrogen) atoms. The molecule has 164 valence electrons. The molecule has 1 aromatic carbocycles. The van der Waals surface area contributed by atoms with E-state index in [1.807, 2.05) is 4.90 Å². The highest BCUT2D eigenvalue weighted by Gasteiger charge is 2.36. The van der Waals surface area contributed by atoms with E-state index in [1.165, 1.54) is 12.3 Å². The molecule has 2 saturated heterocycles. The molecule has 0 spiro atoms. The summed E-state index contributed by atoms with van der Waals surface area (Å²) in [5, 5.41) is 9.16. The topological polar surface area (TPSA) is 107 Å². The lowest BCUT2D eigenvalue weighted by Crippen LogP contribution is -2.47. The van der Waals surface area contributed by atoms with Crippen LogP contribution in [0.3, 0.4) is 0 Å². The van der Waals surface area contributed by atoms with Gasteiger partial charge in [0.1, 0.15) is 5.82 Å². The van der Waals surface area contributed by atoms with Gasteiger partial charge in [-0.2, -0.15) is 0 Å². The van der Waals surface area contributed by atoms with Crippen LogP contribution in [0, 0.1) is 5.82 Å². The van der Waals surface area contributed by atoms with E-state index in [1.54, 1.807) is 4.57 Å². The molecule has 2 bridgehead atoms. The summed E-state index contributed by atoms with van der Waals surface area (Å²) in [6.45, 7) is 3.41. The Balaban J connectivity index is 0.00000128. The highest BCUT2D eigenvalue weighted by molar-refractivity contribution is 6.38. The Morgan fingerprint density at radius 3 is 2.60 bits per heavy atom. The number of fused-ring (bicyclic) bond motifs is 3. The van der Waals surface area contributed by atoms with Crippen LogP contribution in [0.5, 0.6) is 5.75 Å². The Hall–Kier alpha value is -2.07. The van der Waals surface area contributed by atoms with Crippen molar-refractivity contribution in [1.82, 2.24) is 9.47 Å². The smallest absolute Gasteiger partial charge is 0.449 e. The molecule has 1 aliphatic carbocycles. The number of hydrogen-bond donors (Lipinski definition) is 1. The lowest BCUT2D eigenvalue weighted by molar-refractivity contribution is 0.143. The fourth-order valence-corrected chi connectivity index (χ4v) is 4.87. The first-order valence-electron chi connectivity index (χ1n) is 9.40. The SMILES string of the molecule is Cl.O.O=C(O)Oc1cn(C2CC2)c2c(Cl)c(N3CCN4CCC3C4)c(F)cc2c1=O. The Morgan fingerprint density at radius 1 is 1.20 bits per heavy atom. The number of carboxylic acid groups (broad SMARTS) is 1. The molecule has 2 aromatic rings. The number of benzene rings is 1. The molecule has 5 rings (SSSR count). The second kappa shape index (κ2) is 8.22. The molecule has 2 atom stereocenters. The molecule has 2 unspecified atom stereocenters. The molecule has 8 nitrogen and oxygen atoms in total. The van der Waals surface area contributed by atoms with Crippen molar-refractivity contribution < 1.29 is 24.5 Å². The number of carbonyl (C=O) groups is 1.